The second-order valence-corrected chi connectivity index (χ2v) is 3.71. The molecule has 1 aromatic carbocycles. The van der Waals surface area contributed by atoms with E-state index < -0.39 is 23.0 Å². The molecule has 2 rings (SSSR count). The highest BCUT2D eigenvalue weighted by atomic mass is 19.1. The van der Waals surface area contributed by atoms with Gasteiger partial charge in [-0.3, -0.25) is 4.79 Å². The smallest absolute Gasteiger partial charge is 0.218 e. The van der Waals surface area contributed by atoms with E-state index in [1.165, 1.54) is 18.6 Å². The third-order valence-corrected chi connectivity index (χ3v) is 2.44. The second kappa shape index (κ2) is 5.05. The van der Waals surface area contributed by atoms with Crippen molar-refractivity contribution in [2.45, 2.75) is 6.54 Å². The van der Waals surface area contributed by atoms with Crippen molar-refractivity contribution in [3.8, 4) is 0 Å². The summed E-state index contributed by atoms with van der Waals surface area (Å²) in [5.74, 6) is -2.57. The molecule has 0 unspecified atom stereocenters. The molecule has 2 aromatic rings. The third-order valence-electron chi connectivity index (χ3n) is 2.44. The number of nitrogens with zero attached hydrogens (tertiary/aromatic N) is 2. The van der Waals surface area contributed by atoms with Crippen LogP contribution >= 0.6 is 0 Å². The maximum absolute atomic E-state index is 13.4. The normalized spacial score (nSPS) is 10.6. The zero-order valence-electron chi connectivity index (χ0n) is 9.44. The van der Waals surface area contributed by atoms with Gasteiger partial charge in [0.2, 0.25) is 5.78 Å². The minimum Gasteiger partial charge on any atom is -0.335 e. The van der Waals surface area contributed by atoms with Crippen LogP contribution in [0.1, 0.15) is 16.1 Å². The van der Waals surface area contributed by atoms with Crippen molar-refractivity contribution in [1.29, 1.82) is 0 Å². The summed E-state index contributed by atoms with van der Waals surface area (Å²) in [7, 11) is 0. The highest BCUT2D eigenvalue weighted by molar-refractivity contribution is 6.07. The number of hydrogen-bond acceptors (Lipinski definition) is 3. The van der Waals surface area contributed by atoms with E-state index >= 15 is 0 Å². The molecule has 0 spiro atoms. The fraction of sp³-hybridized carbons (Fsp3) is 0.167. The topological polar surface area (TPSA) is 60.9 Å². The van der Waals surface area contributed by atoms with Crippen molar-refractivity contribution in [3.05, 3.63) is 53.6 Å². The van der Waals surface area contributed by atoms with Crippen LogP contribution in [0.25, 0.3) is 0 Å². The first-order chi connectivity index (χ1) is 8.63. The lowest BCUT2D eigenvalue weighted by atomic mass is 10.1. The highest BCUT2D eigenvalue weighted by Gasteiger charge is 2.20. The number of halogens is 2. The summed E-state index contributed by atoms with van der Waals surface area (Å²) in [6.07, 6.45) is 2.82. The summed E-state index contributed by atoms with van der Waals surface area (Å²) >= 11 is 0. The molecule has 0 aliphatic heterocycles. The van der Waals surface area contributed by atoms with E-state index in [-0.39, 0.29) is 5.69 Å². The number of ketones is 1. The van der Waals surface area contributed by atoms with E-state index in [4.69, 9.17) is 5.73 Å². The van der Waals surface area contributed by atoms with E-state index in [1.54, 1.807) is 4.57 Å². The van der Waals surface area contributed by atoms with Crippen LogP contribution in [0.3, 0.4) is 0 Å². The first kappa shape index (κ1) is 12.4. The Morgan fingerprint density at radius 3 is 2.61 bits per heavy atom. The quantitative estimate of drug-likeness (QED) is 0.834. The van der Waals surface area contributed by atoms with Crippen LogP contribution in [0, 0.1) is 11.6 Å². The van der Waals surface area contributed by atoms with Gasteiger partial charge in [0.25, 0.3) is 0 Å². The molecular formula is C12H11F2N3O. The molecule has 0 atom stereocenters. The van der Waals surface area contributed by atoms with Crippen molar-refractivity contribution >= 4 is 5.78 Å². The number of imidazole rings is 1. The lowest BCUT2D eigenvalue weighted by molar-refractivity contribution is 0.102. The zero-order valence-corrected chi connectivity index (χ0v) is 9.44. The predicted octanol–water partition coefficient (Wildman–Crippen LogP) is 1.35. The van der Waals surface area contributed by atoms with E-state index in [1.807, 2.05) is 0 Å². The molecule has 1 aromatic heterocycles. The van der Waals surface area contributed by atoms with Gasteiger partial charge in [-0.05, 0) is 12.1 Å². The second-order valence-electron chi connectivity index (χ2n) is 3.71. The largest absolute Gasteiger partial charge is 0.335 e. The number of carbonyl (C=O) groups excluding carboxylic acids is 1. The van der Waals surface area contributed by atoms with E-state index in [9.17, 15) is 13.6 Å². The average Bonchev–Trinajstić information content (AvgIpc) is 2.78. The first-order valence-corrected chi connectivity index (χ1v) is 5.34. The van der Waals surface area contributed by atoms with Gasteiger partial charge in [0.15, 0.2) is 0 Å². The molecule has 18 heavy (non-hydrogen) atoms. The van der Waals surface area contributed by atoms with Crippen molar-refractivity contribution in [2.24, 2.45) is 5.73 Å². The standard InChI is InChI=1S/C12H11F2N3O/c13-8-2-1-3-9(14)11(8)12(18)10-6-17(5-4-15)7-16-10/h1-3,6-7H,4-5,15H2. The van der Waals surface area contributed by atoms with Gasteiger partial charge in [-0.15, -0.1) is 0 Å². The van der Waals surface area contributed by atoms with Crippen LogP contribution in [-0.4, -0.2) is 21.9 Å². The van der Waals surface area contributed by atoms with E-state index in [0.717, 1.165) is 12.1 Å². The number of nitrogens with two attached hydrogens (primary N) is 1. The monoisotopic (exact) mass is 251 g/mol. The van der Waals surface area contributed by atoms with Crippen molar-refractivity contribution in [2.75, 3.05) is 6.54 Å². The molecule has 94 valence electrons. The summed E-state index contributed by atoms with van der Waals surface area (Å²) in [5, 5.41) is 0. The Morgan fingerprint density at radius 1 is 1.33 bits per heavy atom. The number of rotatable bonds is 4. The SMILES string of the molecule is NCCn1cnc(C(=O)c2c(F)cccc2F)c1. The summed E-state index contributed by atoms with van der Waals surface area (Å²) in [6, 6.07) is 3.27. The highest BCUT2D eigenvalue weighted by Crippen LogP contribution is 2.16. The summed E-state index contributed by atoms with van der Waals surface area (Å²) in [4.78, 5) is 15.7. The molecule has 0 saturated carbocycles. The van der Waals surface area contributed by atoms with Crippen LogP contribution in [0.5, 0.6) is 0 Å². The molecule has 0 radical (unpaired) electrons. The Bertz CT molecular complexity index is 560. The van der Waals surface area contributed by atoms with Gasteiger partial charge < -0.3 is 10.3 Å². The lowest BCUT2D eigenvalue weighted by Crippen LogP contribution is -2.09. The average molecular weight is 251 g/mol. The van der Waals surface area contributed by atoms with Crippen molar-refractivity contribution in [3.63, 3.8) is 0 Å². The van der Waals surface area contributed by atoms with Gasteiger partial charge in [-0.1, -0.05) is 6.07 Å². The van der Waals surface area contributed by atoms with Crippen molar-refractivity contribution < 1.29 is 13.6 Å². The van der Waals surface area contributed by atoms with Crippen LogP contribution < -0.4 is 5.73 Å². The molecule has 6 heteroatoms. The molecule has 0 amide bonds. The molecule has 2 N–H and O–H groups in total. The Morgan fingerprint density at radius 2 is 2.00 bits per heavy atom. The van der Waals surface area contributed by atoms with Crippen molar-refractivity contribution in [1.82, 2.24) is 9.55 Å². The maximum atomic E-state index is 13.4. The molecular weight excluding hydrogens is 240 g/mol. The summed E-state index contributed by atoms with van der Waals surface area (Å²) in [6.45, 7) is 0.873. The third kappa shape index (κ3) is 2.28. The van der Waals surface area contributed by atoms with Crippen LogP contribution in [0.4, 0.5) is 8.78 Å². The van der Waals surface area contributed by atoms with Crippen LogP contribution in [0.2, 0.25) is 0 Å². The van der Waals surface area contributed by atoms with Crippen LogP contribution in [0.15, 0.2) is 30.7 Å². The molecule has 4 nitrogen and oxygen atoms in total. The molecule has 0 saturated heterocycles. The molecule has 0 bridgehead atoms. The Labute approximate surface area is 102 Å². The molecule has 0 aliphatic rings. The fourth-order valence-corrected chi connectivity index (χ4v) is 1.59. The Kier molecular flexibility index (Phi) is 3.47. The fourth-order valence-electron chi connectivity index (χ4n) is 1.59. The van der Waals surface area contributed by atoms with E-state index in [2.05, 4.69) is 4.98 Å². The Balaban J connectivity index is 2.35. The summed E-state index contributed by atoms with van der Waals surface area (Å²) in [5.41, 5.74) is 4.76. The predicted molar refractivity (Wildman–Crippen MR) is 61.1 cm³/mol. The van der Waals surface area contributed by atoms with Gasteiger partial charge in [0.05, 0.1) is 11.9 Å². The van der Waals surface area contributed by atoms with Gasteiger partial charge in [0, 0.05) is 19.3 Å². The number of benzene rings is 1. The van der Waals surface area contributed by atoms with Gasteiger partial charge in [-0.2, -0.15) is 0 Å². The molecule has 1 heterocycles. The zero-order chi connectivity index (χ0) is 13.1. The molecule has 0 fully saturated rings. The van der Waals surface area contributed by atoms with Gasteiger partial charge >= 0.3 is 0 Å². The lowest BCUT2D eigenvalue weighted by Gasteiger charge is -2.01. The summed E-state index contributed by atoms with van der Waals surface area (Å²) < 4.78 is 28.4. The minimum atomic E-state index is -0.895. The Hall–Kier alpha value is -2.08. The van der Waals surface area contributed by atoms with Gasteiger partial charge in [-0.25, -0.2) is 13.8 Å². The first-order valence-electron chi connectivity index (χ1n) is 5.34. The minimum absolute atomic E-state index is 0.00699. The number of aromatic nitrogens is 2. The number of carbonyl (C=O) groups is 1. The van der Waals surface area contributed by atoms with E-state index in [0.29, 0.717) is 13.1 Å². The molecule has 0 aliphatic carbocycles. The maximum Gasteiger partial charge on any atom is 0.218 e. The number of hydrogen-bond donors (Lipinski definition) is 1. The van der Waals surface area contributed by atoms with Gasteiger partial charge in [0.1, 0.15) is 17.3 Å². The van der Waals surface area contributed by atoms with Crippen LogP contribution in [-0.2, 0) is 6.54 Å².